The fourth-order valence-corrected chi connectivity index (χ4v) is 5.86. The molecule has 3 heterocycles. The first-order valence-electron chi connectivity index (χ1n) is 13.4. The molecule has 5 rings (SSSR count). The van der Waals surface area contributed by atoms with E-state index in [1.807, 2.05) is 42.5 Å². The highest BCUT2D eigenvalue weighted by molar-refractivity contribution is 5.92. The number of benzene rings is 1. The van der Waals surface area contributed by atoms with E-state index in [-0.39, 0.29) is 49.1 Å². The van der Waals surface area contributed by atoms with Gasteiger partial charge in [0.15, 0.2) is 0 Å². The van der Waals surface area contributed by atoms with E-state index in [1.54, 1.807) is 17.2 Å². The van der Waals surface area contributed by atoms with Crippen LogP contribution in [0, 0.1) is 23.2 Å². The fourth-order valence-electron chi connectivity index (χ4n) is 5.86. The van der Waals surface area contributed by atoms with Crippen molar-refractivity contribution in [1.82, 2.24) is 10.2 Å². The summed E-state index contributed by atoms with van der Waals surface area (Å²) in [5.74, 6) is -0.611. The van der Waals surface area contributed by atoms with Crippen molar-refractivity contribution in [3.05, 3.63) is 71.8 Å². The summed E-state index contributed by atoms with van der Waals surface area (Å²) in [6, 6.07) is 13.2. The van der Waals surface area contributed by atoms with E-state index in [1.165, 1.54) is 7.11 Å². The number of furan rings is 1. The van der Waals surface area contributed by atoms with Crippen molar-refractivity contribution in [3.8, 4) is 0 Å². The van der Waals surface area contributed by atoms with Crippen LogP contribution in [0.1, 0.15) is 50.9 Å². The molecule has 3 aliphatic rings. The minimum Gasteiger partial charge on any atom is -0.468 e. The zero-order valence-electron chi connectivity index (χ0n) is 22.2. The van der Waals surface area contributed by atoms with Crippen LogP contribution in [0.15, 0.2) is 64.9 Å². The molecule has 202 valence electrons. The summed E-state index contributed by atoms with van der Waals surface area (Å²) in [5.41, 5.74) is 0.417. The summed E-state index contributed by atoms with van der Waals surface area (Å²) in [4.78, 5) is 42.4. The first-order chi connectivity index (χ1) is 18.3. The second-order valence-electron chi connectivity index (χ2n) is 11.0. The fraction of sp³-hybridized carbons (Fsp3) is 0.500. The van der Waals surface area contributed by atoms with Crippen LogP contribution in [-0.4, -0.2) is 42.0 Å². The molecule has 2 fully saturated rings. The summed E-state index contributed by atoms with van der Waals surface area (Å²) >= 11 is 0. The molecule has 0 unspecified atom stereocenters. The Morgan fingerprint density at radius 2 is 1.92 bits per heavy atom. The number of ether oxygens (including phenoxy) is 2. The Balaban J connectivity index is 1.50. The Bertz CT molecular complexity index is 1190. The molecule has 0 radical (unpaired) electrons. The lowest BCUT2D eigenvalue weighted by Gasteiger charge is -2.52. The van der Waals surface area contributed by atoms with Gasteiger partial charge in [0, 0.05) is 24.6 Å². The summed E-state index contributed by atoms with van der Waals surface area (Å²) < 4.78 is 17.6. The molecule has 1 aromatic carbocycles. The number of likely N-dealkylation sites (tertiary alicyclic amines) is 1. The van der Waals surface area contributed by atoms with Crippen LogP contribution >= 0.6 is 0 Å². The minimum atomic E-state index is -1.17. The Morgan fingerprint density at radius 3 is 2.55 bits per heavy atom. The number of rotatable bonds is 9. The van der Waals surface area contributed by atoms with Crippen LogP contribution in [0.25, 0.3) is 0 Å². The lowest BCUT2D eigenvalue weighted by atomic mass is 9.64. The van der Waals surface area contributed by atoms with Crippen LogP contribution < -0.4 is 5.32 Å². The molecule has 38 heavy (non-hydrogen) atoms. The molecule has 1 saturated carbocycles. The third-order valence-corrected chi connectivity index (χ3v) is 7.96. The van der Waals surface area contributed by atoms with E-state index in [0.717, 1.165) is 18.4 Å². The molecule has 0 spiro atoms. The summed E-state index contributed by atoms with van der Waals surface area (Å²) in [5, 5.41) is 2.93. The van der Waals surface area contributed by atoms with Gasteiger partial charge in [0.25, 0.3) is 0 Å². The number of methoxy groups -OCH3 is 1. The summed E-state index contributed by atoms with van der Waals surface area (Å²) in [7, 11) is 1.38. The smallest absolute Gasteiger partial charge is 0.320 e. The van der Waals surface area contributed by atoms with Crippen LogP contribution in [0.4, 0.5) is 0 Å². The van der Waals surface area contributed by atoms with Crippen molar-refractivity contribution in [3.63, 3.8) is 0 Å². The zero-order valence-corrected chi connectivity index (χ0v) is 22.2. The number of fused-ring (bicyclic) bond motifs is 1. The van der Waals surface area contributed by atoms with Crippen LogP contribution in [0.3, 0.4) is 0 Å². The van der Waals surface area contributed by atoms with Crippen LogP contribution in [-0.2, 0) is 36.9 Å². The molecule has 2 aliphatic heterocycles. The van der Waals surface area contributed by atoms with Crippen molar-refractivity contribution >= 4 is 17.8 Å². The summed E-state index contributed by atoms with van der Waals surface area (Å²) in [6.07, 6.45) is 4.86. The van der Waals surface area contributed by atoms with E-state index >= 15 is 0 Å². The van der Waals surface area contributed by atoms with E-state index in [0.29, 0.717) is 18.0 Å². The standard InChI is InChI=1S/C30H36N2O6/c1-19(2)24-15-25-30(29(35)36-3,27(38-24)21-11-12-21)16-22(28(34)32(25)18-23-10-7-13-37-23)14-26(33)31-17-20-8-5-4-6-9-20/h4-10,13,15,19,21-22,24,27H,11-12,14,16-18H2,1-3H3,(H,31,33)/t22-,24+,27+,30+/m0/s1. The van der Waals surface area contributed by atoms with Gasteiger partial charge < -0.3 is 24.1 Å². The molecule has 8 nitrogen and oxygen atoms in total. The van der Waals surface area contributed by atoms with E-state index < -0.39 is 23.4 Å². The largest absolute Gasteiger partial charge is 0.468 e. The molecule has 1 aliphatic carbocycles. The third-order valence-electron chi connectivity index (χ3n) is 7.96. The van der Waals surface area contributed by atoms with E-state index in [9.17, 15) is 14.4 Å². The second-order valence-corrected chi connectivity index (χ2v) is 11.0. The molecule has 1 aromatic heterocycles. The van der Waals surface area contributed by atoms with Crippen molar-refractivity contribution in [1.29, 1.82) is 0 Å². The topological polar surface area (TPSA) is 98.1 Å². The quantitative estimate of drug-likeness (QED) is 0.498. The summed E-state index contributed by atoms with van der Waals surface area (Å²) in [6.45, 7) is 4.67. The van der Waals surface area contributed by atoms with Gasteiger partial charge in [0.1, 0.15) is 11.2 Å². The predicted molar refractivity (Wildman–Crippen MR) is 139 cm³/mol. The highest BCUT2D eigenvalue weighted by Gasteiger charge is 2.64. The van der Waals surface area contributed by atoms with E-state index in [4.69, 9.17) is 13.9 Å². The highest BCUT2D eigenvalue weighted by Crippen LogP contribution is 2.56. The first-order valence-corrected chi connectivity index (χ1v) is 13.4. The van der Waals surface area contributed by atoms with Gasteiger partial charge in [-0.05, 0) is 54.9 Å². The van der Waals surface area contributed by atoms with Crippen molar-refractivity contribution in [2.45, 2.75) is 64.8 Å². The van der Waals surface area contributed by atoms with Crippen molar-refractivity contribution in [2.24, 2.45) is 23.2 Å². The van der Waals surface area contributed by atoms with Crippen LogP contribution in [0.5, 0.6) is 0 Å². The Labute approximate surface area is 223 Å². The number of esters is 1. The molecule has 1 N–H and O–H groups in total. The average molecular weight is 521 g/mol. The number of carbonyl (C=O) groups excluding carboxylic acids is 3. The third kappa shape index (κ3) is 5.01. The molecular weight excluding hydrogens is 484 g/mol. The maximum absolute atomic E-state index is 14.0. The lowest BCUT2D eigenvalue weighted by molar-refractivity contribution is -0.182. The number of hydrogen-bond acceptors (Lipinski definition) is 6. The lowest BCUT2D eigenvalue weighted by Crippen LogP contribution is -2.61. The number of amides is 2. The SMILES string of the molecule is COC(=O)[C@]12C[C@H](CC(=O)NCc3ccccc3)C(=O)N(Cc3ccco3)C1=C[C@H](C(C)C)O[C@@H]2C1CC1. The number of piperidine rings is 1. The highest BCUT2D eigenvalue weighted by atomic mass is 16.5. The van der Waals surface area contributed by atoms with E-state index in [2.05, 4.69) is 19.2 Å². The number of hydrogen-bond donors (Lipinski definition) is 1. The van der Waals surface area contributed by atoms with Gasteiger partial charge in [-0.25, -0.2) is 0 Å². The van der Waals surface area contributed by atoms with Gasteiger partial charge in [0.2, 0.25) is 11.8 Å². The monoisotopic (exact) mass is 520 g/mol. The Hall–Kier alpha value is -3.39. The maximum Gasteiger partial charge on any atom is 0.320 e. The molecule has 0 bridgehead atoms. The van der Waals surface area contributed by atoms with Gasteiger partial charge in [-0.2, -0.15) is 0 Å². The number of carbonyl (C=O) groups is 3. The molecule has 4 atom stereocenters. The van der Waals surface area contributed by atoms with Crippen LogP contribution in [0.2, 0.25) is 0 Å². The maximum atomic E-state index is 14.0. The Kier molecular flexibility index (Phi) is 7.43. The normalized spacial score (nSPS) is 27.1. The molecule has 2 amide bonds. The number of nitrogens with one attached hydrogen (secondary N) is 1. The van der Waals surface area contributed by atoms with Gasteiger partial charge in [-0.3, -0.25) is 14.4 Å². The zero-order chi connectivity index (χ0) is 26.9. The van der Waals surface area contributed by atoms with Gasteiger partial charge in [-0.1, -0.05) is 44.2 Å². The van der Waals surface area contributed by atoms with Crippen molar-refractivity contribution < 1.29 is 28.3 Å². The Morgan fingerprint density at radius 1 is 1.16 bits per heavy atom. The average Bonchev–Trinajstić information content (AvgIpc) is 3.64. The molecular formula is C30H36N2O6. The molecule has 2 aromatic rings. The molecule has 8 heteroatoms. The minimum absolute atomic E-state index is 0.0304. The van der Waals surface area contributed by atoms with Crippen molar-refractivity contribution in [2.75, 3.05) is 7.11 Å². The van der Waals surface area contributed by atoms with Gasteiger partial charge in [-0.15, -0.1) is 0 Å². The number of nitrogens with zero attached hydrogens (tertiary/aromatic N) is 1. The van der Waals surface area contributed by atoms with Gasteiger partial charge in [0.05, 0.1) is 32.1 Å². The second kappa shape index (κ2) is 10.8. The molecule has 1 saturated heterocycles. The predicted octanol–water partition coefficient (Wildman–Crippen LogP) is 4.21. The van der Waals surface area contributed by atoms with Gasteiger partial charge >= 0.3 is 5.97 Å². The first kappa shape index (κ1) is 26.2.